The average Bonchev–Trinajstić information content (AvgIpc) is 3.33. The van der Waals surface area contributed by atoms with E-state index in [9.17, 15) is 18.0 Å². The van der Waals surface area contributed by atoms with Crippen LogP contribution < -0.4 is 5.69 Å². The second kappa shape index (κ2) is 10.0. The summed E-state index contributed by atoms with van der Waals surface area (Å²) in [4.78, 5) is 17.5. The van der Waals surface area contributed by atoms with Gasteiger partial charge in [0, 0.05) is 28.6 Å². The van der Waals surface area contributed by atoms with Crippen LogP contribution in [0.2, 0.25) is 15.1 Å². The fourth-order valence-corrected chi connectivity index (χ4v) is 4.08. The number of benzene rings is 2. The molecule has 0 fully saturated rings. The number of hydrogen-bond donors (Lipinski definition) is 0. The Kier molecular flexibility index (Phi) is 7.25. The number of aromatic nitrogens is 6. The van der Waals surface area contributed by atoms with E-state index >= 15 is 0 Å². The van der Waals surface area contributed by atoms with Crippen molar-refractivity contribution in [3.8, 4) is 17.1 Å². The number of halogens is 6. The Bertz CT molecular complexity index is 1410. The maximum Gasteiger partial charge on any atom is 0.390 e. The molecule has 4 rings (SSSR count). The molecule has 0 aliphatic rings. The Morgan fingerprint density at radius 1 is 0.971 bits per heavy atom. The molecule has 13 heteroatoms. The number of rotatable bonds is 7. The second-order valence-corrected chi connectivity index (χ2v) is 8.87. The largest absolute Gasteiger partial charge is 0.390 e. The zero-order valence-corrected chi connectivity index (χ0v) is 20.5. The zero-order chi connectivity index (χ0) is 25.3. The number of hydrogen-bond acceptors (Lipinski definition) is 4. The minimum Gasteiger partial charge on any atom is -0.275 e. The summed E-state index contributed by atoms with van der Waals surface area (Å²) in [6, 6.07) is 11.2. The van der Waals surface area contributed by atoms with E-state index in [1.54, 1.807) is 47.1 Å². The quantitative estimate of drug-likeness (QED) is 0.294. The fraction of sp³-hybridized carbons (Fsp3) is 0.273. The number of nitrogens with zero attached hydrogens (tertiary/aromatic N) is 6. The van der Waals surface area contributed by atoms with Crippen LogP contribution in [0.1, 0.15) is 25.0 Å². The van der Waals surface area contributed by atoms with Gasteiger partial charge in [0.25, 0.3) is 0 Å². The fourth-order valence-electron chi connectivity index (χ4n) is 3.46. The number of alkyl halides is 3. The molecule has 2 aromatic heterocycles. The van der Waals surface area contributed by atoms with Crippen molar-refractivity contribution >= 4 is 34.8 Å². The highest BCUT2D eigenvalue weighted by Crippen LogP contribution is 2.26. The van der Waals surface area contributed by atoms with Gasteiger partial charge in [0.1, 0.15) is 12.4 Å². The van der Waals surface area contributed by atoms with Crippen molar-refractivity contribution in [1.29, 1.82) is 0 Å². The first-order valence-corrected chi connectivity index (χ1v) is 11.6. The summed E-state index contributed by atoms with van der Waals surface area (Å²) in [5.41, 5.74) is 0.294. The van der Waals surface area contributed by atoms with Gasteiger partial charge in [-0.05, 0) is 42.5 Å². The highest BCUT2D eigenvalue weighted by atomic mass is 35.5. The van der Waals surface area contributed by atoms with E-state index in [1.165, 1.54) is 0 Å². The number of aryl methyl sites for hydroxylation is 1. The van der Waals surface area contributed by atoms with Crippen LogP contribution in [0.4, 0.5) is 13.2 Å². The van der Waals surface area contributed by atoms with Gasteiger partial charge in [-0.3, -0.25) is 4.57 Å². The maximum absolute atomic E-state index is 13.0. The normalized spacial score (nSPS) is 11.9. The molecule has 4 aromatic rings. The van der Waals surface area contributed by atoms with Crippen molar-refractivity contribution in [2.75, 3.05) is 0 Å². The van der Waals surface area contributed by atoms with Gasteiger partial charge in [-0.25, -0.2) is 19.1 Å². The molecule has 0 saturated carbocycles. The highest BCUT2D eigenvalue weighted by Gasteiger charge is 2.28. The minimum absolute atomic E-state index is 0.0896. The average molecular weight is 546 g/mol. The van der Waals surface area contributed by atoms with Crippen LogP contribution in [-0.2, 0) is 19.5 Å². The monoisotopic (exact) mass is 544 g/mol. The van der Waals surface area contributed by atoms with E-state index in [0.29, 0.717) is 38.6 Å². The first-order chi connectivity index (χ1) is 16.6. The summed E-state index contributed by atoms with van der Waals surface area (Å²) in [5.74, 6) is 0.914. The topological polar surface area (TPSA) is 70.5 Å². The van der Waals surface area contributed by atoms with Crippen molar-refractivity contribution in [2.45, 2.75) is 39.0 Å². The molecule has 0 bridgehead atoms. The van der Waals surface area contributed by atoms with E-state index in [-0.39, 0.29) is 18.2 Å². The molecular weight excluding hydrogens is 528 g/mol. The first kappa shape index (κ1) is 25.3. The molecule has 0 spiro atoms. The lowest BCUT2D eigenvalue weighted by atomic mass is 10.2. The van der Waals surface area contributed by atoms with Crippen molar-refractivity contribution in [3.63, 3.8) is 0 Å². The molecule has 35 heavy (non-hydrogen) atoms. The Morgan fingerprint density at radius 2 is 1.66 bits per heavy atom. The van der Waals surface area contributed by atoms with Crippen molar-refractivity contribution < 1.29 is 13.2 Å². The van der Waals surface area contributed by atoms with Crippen LogP contribution in [-0.4, -0.2) is 35.3 Å². The summed E-state index contributed by atoms with van der Waals surface area (Å²) >= 11 is 18.2. The summed E-state index contributed by atoms with van der Waals surface area (Å²) in [7, 11) is 0. The summed E-state index contributed by atoms with van der Waals surface area (Å²) < 4.78 is 42.3. The van der Waals surface area contributed by atoms with E-state index in [2.05, 4.69) is 15.2 Å². The third kappa shape index (κ3) is 5.71. The van der Waals surface area contributed by atoms with Crippen LogP contribution in [0.15, 0.2) is 47.3 Å². The van der Waals surface area contributed by atoms with Gasteiger partial charge in [0.05, 0.1) is 17.1 Å². The predicted octanol–water partition coefficient (Wildman–Crippen LogP) is 5.82. The Labute approximate surface area is 212 Å². The zero-order valence-electron chi connectivity index (χ0n) is 18.2. The highest BCUT2D eigenvalue weighted by molar-refractivity contribution is 6.35. The van der Waals surface area contributed by atoms with Gasteiger partial charge in [0.2, 0.25) is 0 Å². The summed E-state index contributed by atoms with van der Waals surface area (Å²) in [5, 5.41) is 10.0. The third-order valence-electron chi connectivity index (χ3n) is 5.11. The summed E-state index contributed by atoms with van der Waals surface area (Å²) in [6.45, 7) is 1.15. The van der Waals surface area contributed by atoms with E-state index in [0.717, 1.165) is 9.25 Å². The van der Waals surface area contributed by atoms with Gasteiger partial charge in [0.15, 0.2) is 11.6 Å². The molecular formula is C22H18Cl3F3N6O. The second-order valence-electron chi connectivity index (χ2n) is 7.59. The predicted molar refractivity (Wildman–Crippen MR) is 127 cm³/mol. The Hall–Kier alpha value is -2.82. The first-order valence-electron chi connectivity index (χ1n) is 10.5. The molecule has 2 aromatic carbocycles. The molecule has 7 nitrogen and oxygen atoms in total. The molecule has 0 N–H and O–H groups in total. The van der Waals surface area contributed by atoms with Crippen LogP contribution in [0, 0.1) is 0 Å². The van der Waals surface area contributed by atoms with Gasteiger partial charge in [-0.1, -0.05) is 41.7 Å². The van der Waals surface area contributed by atoms with Crippen LogP contribution in [0.5, 0.6) is 0 Å². The Balaban J connectivity index is 1.73. The lowest BCUT2D eigenvalue weighted by Crippen LogP contribution is -2.27. The molecule has 0 amide bonds. The molecule has 184 valence electrons. The van der Waals surface area contributed by atoms with E-state index < -0.39 is 24.8 Å². The lowest BCUT2D eigenvalue weighted by molar-refractivity contribution is -0.136. The van der Waals surface area contributed by atoms with Gasteiger partial charge >= 0.3 is 11.9 Å². The molecule has 0 aliphatic heterocycles. The minimum atomic E-state index is -4.44. The van der Waals surface area contributed by atoms with Crippen molar-refractivity contribution in [3.05, 3.63) is 79.7 Å². The van der Waals surface area contributed by atoms with Crippen LogP contribution in [0.25, 0.3) is 17.1 Å². The Morgan fingerprint density at radius 3 is 2.29 bits per heavy atom. The van der Waals surface area contributed by atoms with E-state index in [1.807, 2.05) is 6.92 Å². The van der Waals surface area contributed by atoms with Gasteiger partial charge in [-0.15, -0.1) is 10.2 Å². The van der Waals surface area contributed by atoms with Crippen molar-refractivity contribution in [2.24, 2.45) is 0 Å². The third-order valence-corrected chi connectivity index (χ3v) is 5.90. The van der Waals surface area contributed by atoms with Crippen molar-refractivity contribution in [1.82, 2.24) is 29.1 Å². The molecule has 0 saturated heterocycles. The molecule has 0 radical (unpaired) electrons. The maximum atomic E-state index is 13.0. The smallest absolute Gasteiger partial charge is 0.275 e. The SMILES string of the molecule is CCc1nc(Cn2nc(-c3ccc(Cl)cc3)n(CCC(F)(F)F)c2=O)nn1-c1ccc(Cl)cc1Cl. The molecule has 2 heterocycles. The van der Waals surface area contributed by atoms with Crippen LogP contribution in [0.3, 0.4) is 0 Å². The summed E-state index contributed by atoms with van der Waals surface area (Å²) in [6.07, 6.45) is -5.11. The van der Waals surface area contributed by atoms with Gasteiger partial charge < -0.3 is 0 Å². The van der Waals surface area contributed by atoms with E-state index in [4.69, 9.17) is 34.8 Å². The van der Waals surface area contributed by atoms with Gasteiger partial charge in [-0.2, -0.15) is 13.2 Å². The molecule has 0 unspecified atom stereocenters. The lowest BCUT2D eigenvalue weighted by Gasteiger charge is -2.08. The van der Waals surface area contributed by atoms with Crippen LogP contribution >= 0.6 is 34.8 Å². The molecule has 0 aliphatic carbocycles. The molecule has 0 atom stereocenters. The standard InChI is InChI=1S/C22H18Cl3F3N6O/c1-2-19-29-18(30-34(19)17-8-7-15(24)11-16(17)25)12-33-21(35)32(10-9-22(26,27)28)20(31-33)13-3-5-14(23)6-4-13/h3-8,11H,2,9-10,12H2,1H3.